The lowest BCUT2D eigenvalue weighted by Gasteiger charge is -2.06. The van der Waals surface area contributed by atoms with Gasteiger partial charge in [0.05, 0.1) is 7.11 Å². The lowest BCUT2D eigenvalue weighted by molar-refractivity contribution is -0.140. The Morgan fingerprint density at radius 3 is 3.00 bits per heavy atom. The van der Waals surface area contributed by atoms with Crippen LogP contribution in [0.4, 0.5) is 0 Å². The molecule has 4 nitrogen and oxygen atoms in total. The van der Waals surface area contributed by atoms with Crippen LogP contribution < -0.4 is 5.32 Å². The molecule has 0 amide bonds. The number of furan rings is 1. The number of rotatable bonds is 7. The normalized spacial score (nSPS) is 10.6. The van der Waals surface area contributed by atoms with Crippen molar-refractivity contribution < 1.29 is 13.9 Å². The van der Waals surface area contributed by atoms with Gasteiger partial charge in [-0.1, -0.05) is 42.2 Å². The van der Waals surface area contributed by atoms with Crippen molar-refractivity contribution in [3.63, 3.8) is 0 Å². The van der Waals surface area contributed by atoms with Crippen LogP contribution in [0.15, 0.2) is 34.7 Å². The largest absolute Gasteiger partial charge is 0.469 e. The molecule has 1 aromatic heterocycles. The first-order chi connectivity index (χ1) is 10.7. The summed E-state index contributed by atoms with van der Waals surface area (Å²) in [7, 11) is 1.40. The average Bonchev–Trinajstić information content (AvgIpc) is 2.94. The van der Waals surface area contributed by atoms with Gasteiger partial charge in [0.25, 0.3) is 0 Å². The minimum atomic E-state index is -0.177. The number of thioether (sulfide) groups is 1. The second-order valence-electron chi connectivity index (χ2n) is 4.74. The average molecular weight is 337 g/mol. The van der Waals surface area contributed by atoms with Gasteiger partial charge in [-0.15, -0.1) is 0 Å². The van der Waals surface area contributed by atoms with Gasteiger partial charge >= 0.3 is 5.97 Å². The first-order valence-electron chi connectivity index (χ1n) is 7.14. The van der Waals surface area contributed by atoms with Gasteiger partial charge in [-0.2, -0.15) is 0 Å². The fourth-order valence-electron chi connectivity index (χ4n) is 1.98. The number of ether oxygens (including phenoxy) is 1. The van der Waals surface area contributed by atoms with Crippen LogP contribution in [0.5, 0.6) is 0 Å². The molecular formula is C16H19NO3S2. The highest BCUT2D eigenvalue weighted by molar-refractivity contribution is 8.22. The van der Waals surface area contributed by atoms with E-state index < -0.39 is 0 Å². The second-order valence-corrected chi connectivity index (χ2v) is 6.51. The summed E-state index contributed by atoms with van der Waals surface area (Å²) in [6.07, 6.45) is 1.99. The van der Waals surface area contributed by atoms with Crippen LogP contribution in [0.3, 0.4) is 0 Å². The van der Waals surface area contributed by atoms with E-state index in [1.54, 1.807) is 11.8 Å². The van der Waals surface area contributed by atoms with Crippen LogP contribution in [0.25, 0.3) is 11.0 Å². The highest BCUT2D eigenvalue weighted by Crippen LogP contribution is 2.18. The second kappa shape index (κ2) is 8.80. The van der Waals surface area contributed by atoms with Gasteiger partial charge in [-0.3, -0.25) is 4.79 Å². The van der Waals surface area contributed by atoms with E-state index in [0.717, 1.165) is 46.2 Å². The zero-order valence-electron chi connectivity index (χ0n) is 12.5. The Morgan fingerprint density at radius 1 is 1.41 bits per heavy atom. The minimum absolute atomic E-state index is 0.177. The predicted octanol–water partition coefficient (Wildman–Crippen LogP) is 3.54. The molecule has 1 N–H and O–H groups in total. The zero-order valence-corrected chi connectivity index (χ0v) is 14.1. The molecular weight excluding hydrogens is 318 g/mol. The Morgan fingerprint density at radius 2 is 2.23 bits per heavy atom. The van der Waals surface area contributed by atoms with Crippen LogP contribution in [0.2, 0.25) is 0 Å². The summed E-state index contributed by atoms with van der Waals surface area (Å²) in [5.74, 6) is 1.59. The van der Waals surface area contributed by atoms with Crippen LogP contribution >= 0.6 is 24.0 Å². The maximum absolute atomic E-state index is 11.0. The fourth-order valence-corrected chi connectivity index (χ4v) is 3.01. The van der Waals surface area contributed by atoms with Crippen molar-refractivity contribution in [2.75, 3.05) is 19.4 Å². The van der Waals surface area contributed by atoms with Gasteiger partial charge in [0.2, 0.25) is 0 Å². The predicted molar refractivity (Wildman–Crippen MR) is 94.2 cm³/mol. The van der Waals surface area contributed by atoms with Crippen LogP contribution in [-0.2, 0) is 16.0 Å². The molecule has 0 aliphatic rings. The van der Waals surface area contributed by atoms with E-state index in [4.69, 9.17) is 16.6 Å². The number of carbonyl (C=O) groups is 1. The molecule has 1 heterocycles. The topological polar surface area (TPSA) is 51.5 Å². The smallest absolute Gasteiger partial charge is 0.305 e. The third kappa shape index (κ3) is 5.35. The van der Waals surface area contributed by atoms with E-state index in [2.05, 4.69) is 16.1 Å². The first kappa shape index (κ1) is 16.8. The van der Waals surface area contributed by atoms with Crippen molar-refractivity contribution in [1.29, 1.82) is 0 Å². The SMILES string of the molecule is COC(=O)CCCSC(=S)NCCc1cc2ccccc2o1. The number of para-hydroxylation sites is 1. The maximum Gasteiger partial charge on any atom is 0.305 e. The number of fused-ring (bicyclic) bond motifs is 1. The molecule has 118 valence electrons. The monoisotopic (exact) mass is 337 g/mol. The lowest BCUT2D eigenvalue weighted by Crippen LogP contribution is -2.21. The van der Waals surface area contributed by atoms with Crippen molar-refractivity contribution >= 4 is 45.2 Å². The summed E-state index contributed by atoms with van der Waals surface area (Å²) in [4.78, 5) is 11.0. The van der Waals surface area contributed by atoms with Gasteiger partial charge < -0.3 is 14.5 Å². The highest BCUT2D eigenvalue weighted by atomic mass is 32.2. The van der Waals surface area contributed by atoms with E-state index in [1.807, 2.05) is 24.3 Å². The Labute approximate surface area is 139 Å². The Balaban J connectivity index is 1.63. The van der Waals surface area contributed by atoms with Crippen LogP contribution in [-0.4, -0.2) is 29.7 Å². The molecule has 1 aromatic carbocycles. The van der Waals surface area contributed by atoms with Crippen LogP contribution in [0, 0.1) is 0 Å². The molecule has 0 unspecified atom stereocenters. The number of carbonyl (C=O) groups excluding carboxylic acids is 1. The molecule has 0 saturated carbocycles. The third-order valence-electron chi connectivity index (χ3n) is 3.10. The molecule has 0 radical (unpaired) electrons. The van der Waals surface area contributed by atoms with Crippen molar-refractivity contribution in [1.82, 2.24) is 5.32 Å². The Bertz CT molecular complexity index is 606. The molecule has 0 aliphatic heterocycles. The standard InChI is InChI=1S/C16H19NO3S2/c1-19-15(18)7-4-10-22-16(21)17-9-8-13-11-12-5-2-3-6-14(12)20-13/h2-3,5-6,11H,4,7-10H2,1H3,(H,17,21). The zero-order chi connectivity index (χ0) is 15.8. The number of methoxy groups -OCH3 is 1. The van der Waals surface area contributed by atoms with Crippen molar-refractivity contribution in [2.24, 2.45) is 0 Å². The molecule has 0 saturated heterocycles. The number of thiocarbonyl (C=S) groups is 1. The molecule has 2 rings (SSSR count). The summed E-state index contributed by atoms with van der Waals surface area (Å²) in [6.45, 7) is 0.739. The molecule has 0 atom stereocenters. The van der Waals surface area contributed by atoms with Gasteiger partial charge in [0, 0.05) is 30.5 Å². The quantitative estimate of drug-likeness (QED) is 0.474. The molecule has 2 aromatic rings. The Hall–Kier alpha value is -1.53. The third-order valence-corrected chi connectivity index (χ3v) is 4.50. The molecule has 0 fully saturated rings. The van der Waals surface area contributed by atoms with E-state index in [0.29, 0.717) is 6.42 Å². The summed E-state index contributed by atoms with van der Waals surface area (Å²) in [5.41, 5.74) is 0.914. The number of hydrogen-bond acceptors (Lipinski definition) is 5. The van der Waals surface area contributed by atoms with Gasteiger partial charge in [0.1, 0.15) is 15.7 Å². The van der Waals surface area contributed by atoms with Crippen molar-refractivity contribution in [3.8, 4) is 0 Å². The first-order valence-corrected chi connectivity index (χ1v) is 8.53. The van der Waals surface area contributed by atoms with Gasteiger partial charge in [-0.25, -0.2) is 0 Å². The van der Waals surface area contributed by atoms with Crippen molar-refractivity contribution in [3.05, 3.63) is 36.1 Å². The molecule has 22 heavy (non-hydrogen) atoms. The molecule has 0 spiro atoms. The van der Waals surface area contributed by atoms with Gasteiger partial charge in [-0.05, 0) is 18.6 Å². The summed E-state index contributed by atoms with van der Waals surface area (Å²) >= 11 is 6.80. The van der Waals surface area contributed by atoms with E-state index in [1.165, 1.54) is 7.11 Å². The lowest BCUT2D eigenvalue weighted by atomic mass is 10.2. The van der Waals surface area contributed by atoms with Crippen LogP contribution in [0.1, 0.15) is 18.6 Å². The van der Waals surface area contributed by atoms with E-state index in [-0.39, 0.29) is 5.97 Å². The molecule has 6 heteroatoms. The number of nitrogens with one attached hydrogen (secondary N) is 1. The number of esters is 1. The number of hydrogen-bond donors (Lipinski definition) is 1. The van der Waals surface area contributed by atoms with E-state index >= 15 is 0 Å². The maximum atomic E-state index is 11.0. The molecule has 0 bridgehead atoms. The Kier molecular flexibility index (Phi) is 6.74. The fraction of sp³-hybridized carbons (Fsp3) is 0.375. The highest BCUT2D eigenvalue weighted by Gasteiger charge is 2.04. The van der Waals surface area contributed by atoms with Crippen molar-refractivity contribution in [2.45, 2.75) is 19.3 Å². The summed E-state index contributed by atoms with van der Waals surface area (Å²) in [5, 5.41) is 4.32. The summed E-state index contributed by atoms with van der Waals surface area (Å²) in [6, 6.07) is 10.0. The number of benzene rings is 1. The minimum Gasteiger partial charge on any atom is -0.469 e. The van der Waals surface area contributed by atoms with E-state index in [9.17, 15) is 4.79 Å². The van der Waals surface area contributed by atoms with Gasteiger partial charge in [0.15, 0.2) is 0 Å². The summed E-state index contributed by atoms with van der Waals surface area (Å²) < 4.78 is 11.1. The molecule has 0 aliphatic carbocycles.